The smallest absolute Gasteiger partial charge is 0.493 e. The maximum atomic E-state index is 6.06. The Morgan fingerprint density at radius 2 is 1.15 bits per heavy atom. The van der Waals surface area contributed by atoms with Crippen LogP contribution in [-0.2, 0) is 9.31 Å². The lowest BCUT2D eigenvalue weighted by Gasteiger charge is -2.32. The number of halogens is 1. The number of aromatic nitrogens is 2. The summed E-state index contributed by atoms with van der Waals surface area (Å²) >= 11 is 3.34. The van der Waals surface area contributed by atoms with E-state index >= 15 is 0 Å². The molecule has 0 spiro atoms. The van der Waals surface area contributed by atoms with Gasteiger partial charge < -0.3 is 28.3 Å². The third kappa shape index (κ3) is 9.02. The van der Waals surface area contributed by atoms with Gasteiger partial charge in [0.05, 0.1) is 24.4 Å². The molecule has 3 fully saturated rings. The molecule has 0 unspecified atom stereocenters. The van der Waals surface area contributed by atoms with Gasteiger partial charge in [-0.3, -0.25) is 0 Å². The average Bonchev–Trinajstić information content (AvgIpc) is 3.97. The molecule has 2 aliphatic carbocycles. The summed E-state index contributed by atoms with van der Waals surface area (Å²) in [6.45, 7) is 9.74. The van der Waals surface area contributed by atoms with E-state index in [9.17, 15) is 0 Å². The Bertz CT molecular complexity index is 1580. The average molecular weight is 687 g/mol. The molecule has 1 saturated heterocycles. The van der Waals surface area contributed by atoms with E-state index in [1.54, 1.807) is 12.4 Å². The summed E-state index contributed by atoms with van der Waals surface area (Å²) in [6, 6.07) is 22.8. The summed E-state index contributed by atoms with van der Waals surface area (Å²) in [5.41, 5.74) is 0.143. The predicted octanol–water partition coefficient (Wildman–Crippen LogP) is 8.39. The van der Waals surface area contributed by atoms with E-state index in [1.165, 1.54) is 25.7 Å². The van der Waals surface area contributed by atoms with Crippen LogP contribution in [0, 0.1) is 11.8 Å². The molecule has 46 heavy (non-hydrogen) atoms. The first-order valence-corrected chi connectivity index (χ1v) is 16.7. The SMILES string of the molecule is Brc1ccc(Oc2cccc(OCC3CC3)c2)nc1.CC1(C)OB(c2ccc(Oc3cccc(OCC4CC4)c3)nc2)OC1(C)C. The third-order valence-electron chi connectivity index (χ3n) is 8.41. The fourth-order valence-corrected chi connectivity index (χ4v) is 4.72. The first kappa shape index (κ1) is 32.3. The minimum atomic E-state index is -0.421. The molecule has 1 aliphatic heterocycles. The van der Waals surface area contributed by atoms with Crippen LogP contribution in [0.3, 0.4) is 0 Å². The van der Waals surface area contributed by atoms with E-state index in [2.05, 4.69) is 25.9 Å². The second-order valence-corrected chi connectivity index (χ2v) is 13.9. The van der Waals surface area contributed by atoms with Crippen LogP contribution in [-0.4, -0.2) is 41.5 Å². The minimum Gasteiger partial charge on any atom is -0.493 e. The van der Waals surface area contributed by atoms with Crippen LogP contribution >= 0.6 is 15.9 Å². The van der Waals surface area contributed by atoms with Crippen LogP contribution < -0.4 is 24.4 Å². The molecule has 7 rings (SSSR count). The Morgan fingerprint density at radius 3 is 1.59 bits per heavy atom. The summed E-state index contributed by atoms with van der Waals surface area (Å²) in [6.07, 6.45) is 8.58. The number of benzene rings is 2. The molecule has 2 saturated carbocycles. The molecule has 0 radical (unpaired) electrons. The van der Waals surface area contributed by atoms with E-state index in [0.29, 0.717) is 17.5 Å². The normalized spacial score (nSPS) is 17.9. The number of rotatable bonds is 11. The van der Waals surface area contributed by atoms with E-state index in [1.807, 2.05) is 100 Å². The molecule has 2 aromatic carbocycles. The summed E-state index contributed by atoms with van der Waals surface area (Å²) in [5.74, 6) is 5.69. The molecule has 0 N–H and O–H groups in total. The first-order valence-electron chi connectivity index (χ1n) is 15.9. The van der Waals surface area contributed by atoms with Gasteiger partial charge in [0.25, 0.3) is 0 Å². The molecule has 4 aromatic rings. The lowest BCUT2D eigenvalue weighted by Crippen LogP contribution is -2.41. The highest BCUT2D eigenvalue weighted by molar-refractivity contribution is 9.10. The van der Waals surface area contributed by atoms with Crippen molar-refractivity contribution < 1.29 is 28.3 Å². The van der Waals surface area contributed by atoms with Crippen molar-refractivity contribution in [2.75, 3.05) is 13.2 Å². The Balaban J connectivity index is 0.000000172. The Hall–Kier alpha value is -3.60. The zero-order chi connectivity index (χ0) is 32.1. The van der Waals surface area contributed by atoms with Crippen molar-refractivity contribution in [1.82, 2.24) is 9.97 Å². The van der Waals surface area contributed by atoms with Crippen molar-refractivity contribution in [1.29, 1.82) is 0 Å². The quantitative estimate of drug-likeness (QED) is 0.146. The molecule has 8 nitrogen and oxygen atoms in total. The zero-order valence-electron chi connectivity index (χ0n) is 26.8. The van der Waals surface area contributed by atoms with Crippen molar-refractivity contribution in [3.05, 3.63) is 89.7 Å². The Labute approximate surface area is 280 Å². The van der Waals surface area contributed by atoms with E-state index in [-0.39, 0.29) is 11.2 Å². The lowest BCUT2D eigenvalue weighted by atomic mass is 9.80. The van der Waals surface area contributed by atoms with Gasteiger partial charge in [0.15, 0.2) is 0 Å². The largest absolute Gasteiger partial charge is 0.496 e. The highest BCUT2D eigenvalue weighted by Gasteiger charge is 2.51. The summed E-state index contributed by atoms with van der Waals surface area (Å²) in [7, 11) is -0.421. The predicted molar refractivity (Wildman–Crippen MR) is 181 cm³/mol. The second-order valence-electron chi connectivity index (χ2n) is 13.0. The molecule has 240 valence electrons. The van der Waals surface area contributed by atoms with Gasteiger partial charge in [-0.1, -0.05) is 18.2 Å². The molecule has 0 bridgehead atoms. The van der Waals surface area contributed by atoms with Crippen LogP contribution in [0.2, 0.25) is 0 Å². The minimum absolute atomic E-state index is 0.367. The molecule has 2 aromatic heterocycles. The van der Waals surface area contributed by atoms with Crippen LogP contribution in [0.4, 0.5) is 0 Å². The van der Waals surface area contributed by atoms with Crippen LogP contribution in [0.1, 0.15) is 53.4 Å². The monoisotopic (exact) mass is 686 g/mol. The molecule has 3 aliphatic rings. The van der Waals surface area contributed by atoms with Crippen LogP contribution in [0.15, 0.2) is 89.7 Å². The molecule has 0 amide bonds. The summed E-state index contributed by atoms with van der Waals surface area (Å²) in [5, 5.41) is 0. The van der Waals surface area contributed by atoms with Crippen molar-refractivity contribution in [3.63, 3.8) is 0 Å². The zero-order valence-corrected chi connectivity index (χ0v) is 28.4. The van der Waals surface area contributed by atoms with Crippen molar-refractivity contribution in [2.45, 2.75) is 64.6 Å². The van der Waals surface area contributed by atoms with Crippen LogP contribution in [0.25, 0.3) is 0 Å². The van der Waals surface area contributed by atoms with Crippen molar-refractivity contribution in [3.8, 4) is 34.8 Å². The summed E-state index contributed by atoms with van der Waals surface area (Å²) in [4.78, 5) is 8.58. The van der Waals surface area contributed by atoms with Crippen molar-refractivity contribution in [2.24, 2.45) is 11.8 Å². The van der Waals surface area contributed by atoms with Gasteiger partial charge in [0.1, 0.15) is 23.0 Å². The third-order valence-corrected chi connectivity index (χ3v) is 8.88. The Morgan fingerprint density at radius 1 is 0.674 bits per heavy atom. The number of hydrogen-bond acceptors (Lipinski definition) is 8. The topological polar surface area (TPSA) is 81.2 Å². The lowest BCUT2D eigenvalue weighted by molar-refractivity contribution is 0.00578. The standard InChI is InChI=1S/C21H26BNO4.C15H14BrNO2/c1-20(2)21(3,4)27-22(26-20)16-10-11-19(23-13-16)25-18-7-5-6-17(12-18)24-14-15-8-9-15;16-12-6-7-15(17-9-12)19-14-3-1-2-13(8-14)18-10-11-4-5-11/h5-7,10-13,15H,8-9,14H2,1-4H3;1-3,6-9,11H,4-5,10H2. The van der Waals surface area contributed by atoms with Gasteiger partial charge in [-0.15, -0.1) is 0 Å². The second kappa shape index (κ2) is 14.0. The number of nitrogens with zero attached hydrogens (tertiary/aromatic N) is 2. The molecule has 10 heteroatoms. The number of pyridine rings is 2. The van der Waals surface area contributed by atoms with Gasteiger partial charge >= 0.3 is 7.12 Å². The maximum Gasteiger partial charge on any atom is 0.496 e. The summed E-state index contributed by atoms with van der Waals surface area (Å²) < 4.78 is 36.1. The van der Waals surface area contributed by atoms with Crippen LogP contribution in [0.5, 0.6) is 34.8 Å². The van der Waals surface area contributed by atoms with Crippen molar-refractivity contribution >= 4 is 28.5 Å². The fraction of sp³-hybridized carbons (Fsp3) is 0.389. The van der Waals surface area contributed by atoms with Gasteiger partial charge in [-0.25, -0.2) is 9.97 Å². The van der Waals surface area contributed by atoms with Gasteiger partial charge in [-0.05, 0) is 111 Å². The highest BCUT2D eigenvalue weighted by atomic mass is 79.9. The number of hydrogen-bond donors (Lipinski definition) is 0. The maximum absolute atomic E-state index is 6.06. The van der Waals surface area contributed by atoms with E-state index < -0.39 is 7.12 Å². The Kier molecular flexibility index (Phi) is 9.87. The van der Waals surface area contributed by atoms with E-state index in [0.717, 1.165) is 52.2 Å². The highest BCUT2D eigenvalue weighted by Crippen LogP contribution is 2.37. The fourth-order valence-electron chi connectivity index (χ4n) is 4.49. The number of ether oxygens (including phenoxy) is 4. The van der Waals surface area contributed by atoms with Gasteiger partial charge in [-0.2, -0.15) is 0 Å². The molecular formula is C36H40BBrN2O6. The van der Waals surface area contributed by atoms with Gasteiger partial charge in [0, 0.05) is 46.6 Å². The van der Waals surface area contributed by atoms with Gasteiger partial charge in [0.2, 0.25) is 11.8 Å². The molecule has 0 atom stereocenters. The van der Waals surface area contributed by atoms with E-state index in [4.69, 9.17) is 28.3 Å². The molecule has 3 heterocycles. The first-order chi connectivity index (χ1) is 22.1. The molecular weight excluding hydrogens is 647 g/mol.